The summed E-state index contributed by atoms with van der Waals surface area (Å²) in [5.74, 6) is 0. The van der Waals surface area contributed by atoms with E-state index in [1.165, 1.54) is 0 Å². The minimum absolute atomic E-state index is 0.880. The molecule has 0 radical (unpaired) electrons. The van der Waals surface area contributed by atoms with Gasteiger partial charge in [0.25, 0.3) is 0 Å². The van der Waals surface area contributed by atoms with Gasteiger partial charge in [-0.1, -0.05) is 42.1 Å². The topological polar surface area (TPSA) is 20.2 Å². The van der Waals surface area contributed by atoms with Gasteiger partial charge >= 0.3 is 0 Å². The monoisotopic (exact) mass is 172 g/mol. The molecular formula is C7H9OPS. The summed E-state index contributed by atoms with van der Waals surface area (Å²) < 4.78 is 0. The van der Waals surface area contributed by atoms with Crippen LogP contribution < -0.4 is 5.30 Å². The van der Waals surface area contributed by atoms with Crippen LogP contribution in [0.3, 0.4) is 0 Å². The summed E-state index contributed by atoms with van der Waals surface area (Å²) in [6.07, 6.45) is -2.18. The molecule has 1 atom stereocenters. The van der Waals surface area contributed by atoms with Gasteiger partial charge in [0, 0.05) is 5.30 Å². The maximum absolute atomic E-state index is 9.41. The van der Waals surface area contributed by atoms with Crippen LogP contribution in [-0.2, 0) is 11.8 Å². The van der Waals surface area contributed by atoms with E-state index in [1.807, 2.05) is 30.3 Å². The van der Waals surface area contributed by atoms with Gasteiger partial charge in [0.1, 0.15) is 0 Å². The second kappa shape index (κ2) is 2.83. The smallest absolute Gasteiger partial charge is 0.0884 e. The molecule has 0 fully saturated rings. The molecule has 0 aliphatic carbocycles. The van der Waals surface area contributed by atoms with Crippen molar-refractivity contribution in [1.29, 1.82) is 0 Å². The summed E-state index contributed by atoms with van der Waals surface area (Å²) in [6.45, 7) is 1.71. The number of benzene rings is 1. The largest absolute Gasteiger partial charge is 0.362 e. The SMILES string of the molecule is CP(O)(=S)c1ccccc1. The lowest BCUT2D eigenvalue weighted by atomic mass is 10.4. The van der Waals surface area contributed by atoms with Gasteiger partial charge in [-0.25, -0.2) is 0 Å². The highest BCUT2D eigenvalue weighted by Crippen LogP contribution is 2.33. The molecule has 54 valence electrons. The van der Waals surface area contributed by atoms with Crippen LogP contribution in [0.2, 0.25) is 0 Å². The van der Waals surface area contributed by atoms with E-state index < -0.39 is 6.26 Å². The summed E-state index contributed by atoms with van der Waals surface area (Å²) in [5, 5.41) is 0.880. The lowest BCUT2D eigenvalue weighted by Crippen LogP contribution is -2.00. The quantitative estimate of drug-likeness (QED) is 0.645. The fourth-order valence-electron chi connectivity index (χ4n) is 0.705. The molecule has 1 aromatic carbocycles. The van der Waals surface area contributed by atoms with Gasteiger partial charge in [-0.3, -0.25) is 0 Å². The number of hydrogen-bond donors (Lipinski definition) is 1. The molecule has 0 saturated heterocycles. The van der Waals surface area contributed by atoms with E-state index in [4.69, 9.17) is 11.8 Å². The van der Waals surface area contributed by atoms with Crippen LogP contribution in [0, 0.1) is 0 Å². The van der Waals surface area contributed by atoms with Crippen LogP contribution in [-0.4, -0.2) is 11.6 Å². The standard InChI is InChI=1S/C7H9OPS/c1-9(8,10)7-5-3-2-4-6-7/h2-6H,1H3,(H,8,10). The summed E-state index contributed by atoms with van der Waals surface area (Å²) in [5.41, 5.74) is 0. The Kier molecular flexibility index (Phi) is 2.24. The van der Waals surface area contributed by atoms with E-state index in [2.05, 4.69) is 0 Å². The Bertz CT molecular complexity index is 252. The zero-order valence-electron chi connectivity index (χ0n) is 5.69. The molecule has 0 bridgehead atoms. The highest BCUT2D eigenvalue weighted by Gasteiger charge is 2.05. The van der Waals surface area contributed by atoms with Crippen LogP contribution in [0.1, 0.15) is 0 Å². The lowest BCUT2D eigenvalue weighted by molar-refractivity contribution is 0.638. The van der Waals surface area contributed by atoms with E-state index >= 15 is 0 Å². The van der Waals surface area contributed by atoms with Gasteiger partial charge in [0.15, 0.2) is 0 Å². The molecule has 1 unspecified atom stereocenters. The zero-order chi connectivity index (χ0) is 7.61. The molecule has 0 heterocycles. The minimum Gasteiger partial charge on any atom is -0.362 e. The second-order valence-electron chi connectivity index (χ2n) is 2.21. The van der Waals surface area contributed by atoms with Crippen LogP contribution in [0.15, 0.2) is 30.3 Å². The fraction of sp³-hybridized carbons (Fsp3) is 0.143. The van der Waals surface area contributed by atoms with Gasteiger partial charge in [0.05, 0.1) is 6.26 Å². The summed E-state index contributed by atoms with van der Waals surface area (Å²) >= 11 is 4.92. The summed E-state index contributed by atoms with van der Waals surface area (Å²) in [6, 6.07) is 9.41. The predicted molar refractivity (Wildman–Crippen MR) is 48.5 cm³/mol. The normalized spacial score (nSPS) is 16.2. The molecule has 1 N–H and O–H groups in total. The van der Waals surface area contributed by atoms with Gasteiger partial charge < -0.3 is 4.89 Å². The minimum atomic E-state index is -2.18. The van der Waals surface area contributed by atoms with Crippen LogP contribution in [0.5, 0.6) is 0 Å². The summed E-state index contributed by atoms with van der Waals surface area (Å²) in [7, 11) is 0. The van der Waals surface area contributed by atoms with Crippen molar-refractivity contribution in [2.24, 2.45) is 0 Å². The Hall–Kier alpha value is -0.170. The molecule has 0 aliphatic rings. The van der Waals surface area contributed by atoms with E-state index in [1.54, 1.807) is 6.66 Å². The van der Waals surface area contributed by atoms with Gasteiger partial charge in [-0.05, 0) is 6.66 Å². The van der Waals surface area contributed by atoms with Crippen molar-refractivity contribution in [3.05, 3.63) is 30.3 Å². The van der Waals surface area contributed by atoms with E-state index in [0.717, 1.165) is 5.30 Å². The molecule has 3 heteroatoms. The third-order valence-electron chi connectivity index (χ3n) is 1.24. The lowest BCUT2D eigenvalue weighted by Gasteiger charge is -2.07. The zero-order valence-corrected chi connectivity index (χ0v) is 7.40. The molecule has 0 spiro atoms. The molecule has 1 aromatic rings. The van der Waals surface area contributed by atoms with E-state index in [9.17, 15) is 4.89 Å². The first-order chi connectivity index (χ1) is 4.61. The highest BCUT2D eigenvalue weighted by molar-refractivity contribution is 8.15. The first kappa shape index (κ1) is 7.93. The maximum atomic E-state index is 9.41. The molecule has 1 rings (SSSR count). The Labute approximate surface area is 65.8 Å². The molecule has 0 saturated carbocycles. The highest BCUT2D eigenvalue weighted by atomic mass is 32.4. The van der Waals surface area contributed by atoms with Gasteiger partial charge in [0.2, 0.25) is 0 Å². The molecule has 1 nitrogen and oxygen atoms in total. The van der Waals surface area contributed by atoms with Crippen LogP contribution in [0.25, 0.3) is 0 Å². The van der Waals surface area contributed by atoms with Gasteiger partial charge in [-0.2, -0.15) is 0 Å². The Balaban J connectivity index is 3.09. The third-order valence-corrected chi connectivity index (χ3v) is 3.12. The summed E-state index contributed by atoms with van der Waals surface area (Å²) in [4.78, 5) is 9.41. The molecule has 0 amide bonds. The predicted octanol–water partition coefficient (Wildman–Crippen LogP) is 1.33. The van der Waals surface area contributed by atoms with Crippen molar-refractivity contribution in [3.8, 4) is 0 Å². The van der Waals surface area contributed by atoms with E-state index in [-0.39, 0.29) is 0 Å². The second-order valence-corrected chi connectivity index (χ2v) is 6.62. The molecule has 0 aromatic heterocycles. The van der Waals surface area contributed by atoms with Crippen molar-refractivity contribution < 1.29 is 4.89 Å². The average molecular weight is 172 g/mol. The number of rotatable bonds is 1. The number of hydrogen-bond acceptors (Lipinski definition) is 1. The van der Waals surface area contributed by atoms with Crippen molar-refractivity contribution in [3.63, 3.8) is 0 Å². The van der Waals surface area contributed by atoms with Gasteiger partial charge in [-0.15, -0.1) is 0 Å². The fourth-order valence-corrected chi connectivity index (χ4v) is 1.80. The Morgan fingerprint density at radius 1 is 1.30 bits per heavy atom. The molecule has 10 heavy (non-hydrogen) atoms. The van der Waals surface area contributed by atoms with E-state index in [0.29, 0.717) is 0 Å². The molecular weight excluding hydrogens is 163 g/mol. The Morgan fingerprint density at radius 2 is 1.80 bits per heavy atom. The van der Waals surface area contributed by atoms with Crippen molar-refractivity contribution in [1.82, 2.24) is 0 Å². The molecule has 0 aliphatic heterocycles. The first-order valence-electron chi connectivity index (χ1n) is 2.96. The van der Waals surface area contributed by atoms with Crippen LogP contribution >= 0.6 is 6.26 Å². The maximum Gasteiger partial charge on any atom is 0.0884 e. The average Bonchev–Trinajstić information content (AvgIpc) is 1.88. The van der Waals surface area contributed by atoms with Crippen molar-refractivity contribution in [2.75, 3.05) is 6.66 Å². The third kappa shape index (κ3) is 1.91. The first-order valence-corrected chi connectivity index (χ1v) is 6.17. The van der Waals surface area contributed by atoms with Crippen molar-refractivity contribution in [2.45, 2.75) is 0 Å². The van der Waals surface area contributed by atoms with Crippen LogP contribution in [0.4, 0.5) is 0 Å². The Morgan fingerprint density at radius 3 is 2.10 bits per heavy atom. The van der Waals surface area contributed by atoms with Crippen molar-refractivity contribution >= 4 is 23.4 Å².